The molecule has 2 heterocycles. The van der Waals surface area contributed by atoms with Crippen molar-refractivity contribution in [3.8, 4) is 0 Å². The van der Waals surface area contributed by atoms with E-state index in [2.05, 4.69) is 26.6 Å². The summed E-state index contributed by atoms with van der Waals surface area (Å²) in [6.45, 7) is 19.7. The molecule has 38 nitrogen and oxygen atoms in total. The highest BCUT2D eigenvalue weighted by molar-refractivity contribution is 6.33. The molecule has 0 bridgehead atoms. The maximum Gasteiger partial charge on any atom is 0.372 e. The molecule has 0 saturated carbocycles. The zero-order valence-corrected chi connectivity index (χ0v) is 59.8. The summed E-state index contributed by atoms with van der Waals surface area (Å²) >= 11 is 0. The van der Waals surface area contributed by atoms with Gasteiger partial charge in [0.1, 0.15) is 48.3 Å². The zero-order chi connectivity index (χ0) is 80.2. The van der Waals surface area contributed by atoms with Crippen molar-refractivity contribution < 1.29 is 148 Å². The van der Waals surface area contributed by atoms with Gasteiger partial charge in [0.15, 0.2) is 0 Å². The highest BCUT2D eigenvalue weighted by Gasteiger charge is 2.37. The van der Waals surface area contributed by atoms with E-state index >= 15 is 0 Å². The highest BCUT2D eigenvalue weighted by atomic mass is 16.4. The minimum Gasteiger partial charge on any atom is -0.480 e. The fourth-order valence-corrected chi connectivity index (χ4v) is 8.07. The van der Waals surface area contributed by atoms with E-state index in [1.165, 1.54) is 16.7 Å². The van der Waals surface area contributed by atoms with Crippen LogP contribution >= 0.6 is 0 Å². The minimum atomic E-state index is -1.51. The van der Waals surface area contributed by atoms with Crippen molar-refractivity contribution in [3.05, 3.63) is 0 Å². The lowest BCUT2D eigenvalue weighted by Crippen LogP contribution is -2.39. The Morgan fingerprint density at radius 2 is 0.653 bits per heavy atom. The molecule has 2 rings (SSSR count). The first-order valence-electron chi connectivity index (χ1n) is 32.2. The van der Waals surface area contributed by atoms with E-state index in [-0.39, 0.29) is 107 Å². The van der Waals surface area contributed by atoms with Gasteiger partial charge >= 0.3 is 71.6 Å². The van der Waals surface area contributed by atoms with Gasteiger partial charge in [-0.2, -0.15) is 0 Å². The van der Waals surface area contributed by atoms with Crippen molar-refractivity contribution in [3.63, 3.8) is 0 Å². The molecular weight excluding hydrogens is 1350 g/mol. The van der Waals surface area contributed by atoms with Gasteiger partial charge in [0.2, 0.25) is 34.9 Å². The molecular formula is C63H110N8O30. The molecule has 38 heteroatoms. The number of aliphatic carboxylic acids is 12. The molecule has 2 amide bonds. The molecule has 8 atom stereocenters. The van der Waals surface area contributed by atoms with Crippen LogP contribution in [0.2, 0.25) is 0 Å². The van der Waals surface area contributed by atoms with Gasteiger partial charge in [0.05, 0.1) is 0 Å². The van der Waals surface area contributed by atoms with Gasteiger partial charge in [-0.05, 0) is 136 Å². The SMILES string of the molecule is CC(C)C[C@H](N)C(=O)O.CC(C)C[C@H](NCCCC(=O)C(=O)O)C(=O)O.CN[C@@H](C)C(=O)O.CN[C@@H](CC(C)C)C(=O)O.CN[C@@H](CC(C)C)C(=O)O.C[C@H](NCCCC(=O)C(=O)O)C(=O)O.O=C(O)C(=O)CCCN1C(=O)CC[C@H]1C(=O)O.O=C(O)C(=O)CCCN1C(=O)CC[C@H]1C(=O)O. The molecule has 2 aliphatic rings. The molecule has 0 aromatic carbocycles. The van der Waals surface area contributed by atoms with Crippen LogP contribution in [-0.4, -0.2) is 273 Å². The van der Waals surface area contributed by atoms with Crippen molar-refractivity contribution in [2.24, 2.45) is 29.4 Å². The Morgan fingerprint density at radius 1 is 0.376 bits per heavy atom. The lowest BCUT2D eigenvalue weighted by molar-refractivity contribution is -0.149. The predicted molar refractivity (Wildman–Crippen MR) is 357 cm³/mol. The largest absolute Gasteiger partial charge is 0.480 e. The van der Waals surface area contributed by atoms with Crippen LogP contribution in [0.1, 0.15) is 172 Å². The van der Waals surface area contributed by atoms with Crippen LogP contribution in [0.3, 0.4) is 0 Å². The van der Waals surface area contributed by atoms with Crippen LogP contribution in [0.4, 0.5) is 0 Å². The molecule has 19 N–H and O–H groups in total. The van der Waals surface area contributed by atoms with Crippen molar-refractivity contribution in [2.45, 2.75) is 220 Å². The number of hydrogen-bond donors (Lipinski definition) is 18. The number of carboxylic acids is 12. The molecule has 0 spiro atoms. The number of carboxylic acid groups (broad SMARTS) is 12. The van der Waals surface area contributed by atoms with Crippen LogP contribution in [-0.2, 0) is 86.3 Å². The lowest BCUT2D eigenvalue weighted by Gasteiger charge is -2.20. The van der Waals surface area contributed by atoms with Crippen LogP contribution in [0.15, 0.2) is 0 Å². The average Bonchev–Trinajstić information content (AvgIpc) is 1.72. The number of likely N-dealkylation sites (tertiary alicyclic amines) is 2. The van der Waals surface area contributed by atoms with Gasteiger partial charge in [0, 0.05) is 51.6 Å². The molecule has 101 heavy (non-hydrogen) atoms. The number of nitrogens with one attached hydrogen (secondary N) is 5. The molecule has 2 fully saturated rings. The van der Waals surface area contributed by atoms with E-state index in [1.807, 2.05) is 55.4 Å². The molecule has 0 aromatic rings. The van der Waals surface area contributed by atoms with Gasteiger partial charge in [-0.15, -0.1) is 0 Å². The number of likely N-dealkylation sites (N-methyl/N-ethyl adjacent to an activating group) is 3. The summed E-state index contributed by atoms with van der Waals surface area (Å²) in [5, 5.41) is 115. The van der Waals surface area contributed by atoms with E-state index in [0.717, 1.165) is 0 Å². The van der Waals surface area contributed by atoms with Crippen molar-refractivity contribution >= 4 is 107 Å². The summed E-state index contributed by atoms with van der Waals surface area (Å²) in [6.07, 6.45) is 3.78. The maximum absolute atomic E-state index is 11.4. The van der Waals surface area contributed by atoms with Crippen LogP contribution in [0.25, 0.3) is 0 Å². The number of rotatable bonds is 41. The third-order valence-electron chi connectivity index (χ3n) is 13.7. The molecule has 2 aliphatic heterocycles. The van der Waals surface area contributed by atoms with E-state index < -0.39 is 131 Å². The average molecular weight is 1460 g/mol. The summed E-state index contributed by atoms with van der Waals surface area (Å²) in [5.74, 6) is -15.8. The van der Waals surface area contributed by atoms with Gasteiger partial charge in [-0.1, -0.05) is 55.4 Å². The second-order valence-corrected chi connectivity index (χ2v) is 24.3. The predicted octanol–water partition coefficient (Wildman–Crippen LogP) is 0.517. The first kappa shape index (κ1) is 103. The van der Waals surface area contributed by atoms with Gasteiger partial charge < -0.3 is 103 Å². The minimum absolute atomic E-state index is 0.0731. The third kappa shape index (κ3) is 56.5. The number of nitrogens with two attached hydrogens (primary N) is 1. The van der Waals surface area contributed by atoms with E-state index in [1.54, 1.807) is 28.1 Å². The number of ketones is 4. The molecule has 2 saturated heterocycles. The highest BCUT2D eigenvalue weighted by Crippen LogP contribution is 2.21. The van der Waals surface area contributed by atoms with Crippen molar-refractivity contribution in [1.29, 1.82) is 0 Å². The molecule has 582 valence electrons. The second kappa shape index (κ2) is 58.8. The fraction of sp³-hybridized carbons (Fsp3) is 0.714. The van der Waals surface area contributed by atoms with Gasteiger partial charge in [0.25, 0.3) is 0 Å². The second-order valence-electron chi connectivity index (χ2n) is 24.3. The zero-order valence-electron chi connectivity index (χ0n) is 59.8. The quantitative estimate of drug-likeness (QED) is 0.0293. The van der Waals surface area contributed by atoms with Crippen LogP contribution < -0.4 is 32.3 Å². The van der Waals surface area contributed by atoms with E-state index in [4.69, 9.17) is 67.0 Å². The van der Waals surface area contributed by atoms with Crippen LogP contribution in [0.5, 0.6) is 0 Å². The number of hydrogen-bond acceptors (Lipinski definition) is 24. The number of Topliss-reactive ketones (excluding diaryl/α,β-unsaturated/α-hetero) is 4. The summed E-state index contributed by atoms with van der Waals surface area (Å²) in [5.41, 5.74) is 5.22. The third-order valence-corrected chi connectivity index (χ3v) is 13.7. The van der Waals surface area contributed by atoms with Crippen molar-refractivity contribution in [1.82, 2.24) is 36.4 Å². The summed E-state index contributed by atoms with van der Waals surface area (Å²) in [7, 11) is 4.95. The van der Waals surface area contributed by atoms with Gasteiger partial charge in [-0.3, -0.25) is 57.5 Å². The van der Waals surface area contributed by atoms with Gasteiger partial charge in [-0.25, -0.2) is 28.8 Å². The molecule has 0 radical (unpaired) electrons. The Morgan fingerprint density at radius 3 is 0.851 bits per heavy atom. The number of amides is 2. The standard InChI is InChI=1S/C11H19NO5.2C10H13NO6.C8H13NO5.2C7H15NO2.C6H13NO2.C4H9NO2/c1-7(2)6-8(10(14)15)12-5-3-4-9(13)11(16)17;2*12-7(10(16)17)2-1-5-11-6(9(14)15)3-4-8(11)13;1-5(7(11)12)9-4-2-3-6(10)8(13)14;2*1-5(2)4-6(8-3)7(9)10;1-4(2)3-5(7)6(8)9;1-3(5-2)4(6)7/h7-8,12H,3-6H2,1-2H3,(H,14,15)(H,16,17);2*6H,1-5H2,(H,14,15)(H,16,17);5,9H,2-4H2,1H3,(H,11,12)(H,13,14);2*5-6,8H,4H2,1-3H3,(H,9,10);4-5H,3,7H2,1-2H3,(H,8,9);3,5H,1-2H3,(H,6,7)/t8-;2*6-;5-;2*6-;5-;3-/m00000000/s1. The normalized spacial score (nSPS) is 15.1. The maximum atomic E-state index is 11.4. The first-order chi connectivity index (χ1) is 46.5. The van der Waals surface area contributed by atoms with E-state index in [0.29, 0.717) is 69.4 Å². The lowest BCUT2D eigenvalue weighted by atomic mass is 10.0. The Labute approximate surface area is 585 Å². The number of carbonyl (C=O) groups excluding carboxylic acids is 6. The fourth-order valence-electron chi connectivity index (χ4n) is 8.07. The monoisotopic (exact) mass is 1460 g/mol. The topological polar surface area (TPSA) is 643 Å². The Hall–Kier alpha value is -8.98. The Bertz CT molecular complexity index is 2550. The number of nitrogens with zero attached hydrogens (tertiary/aromatic N) is 2. The number of carbonyl (C=O) groups is 18. The smallest absolute Gasteiger partial charge is 0.372 e. The Balaban J connectivity index is -0.000000260. The molecule has 0 aliphatic carbocycles. The summed E-state index contributed by atoms with van der Waals surface area (Å²) in [4.78, 5) is 192. The molecule has 0 aromatic heterocycles. The summed E-state index contributed by atoms with van der Waals surface area (Å²) < 4.78 is 0. The van der Waals surface area contributed by atoms with Crippen LogP contribution in [0, 0.1) is 23.7 Å². The summed E-state index contributed by atoms with van der Waals surface area (Å²) in [6, 6.07) is -4.92. The first-order valence-corrected chi connectivity index (χ1v) is 32.2. The van der Waals surface area contributed by atoms with Crippen molar-refractivity contribution in [2.75, 3.05) is 47.3 Å². The Kier molecular flexibility index (Phi) is 60.0. The molecule has 0 unspecified atom stereocenters. The van der Waals surface area contributed by atoms with E-state index in [9.17, 15) is 86.3 Å².